The average Bonchev–Trinajstić information content (AvgIpc) is 3.18. The second-order valence-electron chi connectivity index (χ2n) is 4.73. The van der Waals surface area contributed by atoms with E-state index in [9.17, 15) is 4.79 Å². The standard InChI is InChI=1S/C13H15N5O/c14-12-6-11(16-17-12)13(19)18(10-3-4-10)8-9-2-1-5-15-7-9/h1-2,5-7,10H,3-4,8H2,(H3,14,16,17). The lowest BCUT2D eigenvalue weighted by Gasteiger charge is -2.21. The lowest BCUT2D eigenvalue weighted by atomic mass is 10.2. The van der Waals surface area contributed by atoms with Crippen molar-refractivity contribution in [3.05, 3.63) is 41.9 Å². The van der Waals surface area contributed by atoms with Crippen LogP contribution in [-0.2, 0) is 6.54 Å². The maximum Gasteiger partial charge on any atom is 0.272 e. The molecule has 1 aliphatic carbocycles. The topological polar surface area (TPSA) is 87.9 Å². The number of pyridine rings is 1. The molecule has 2 aromatic rings. The van der Waals surface area contributed by atoms with E-state index in [2.05, 4.69) is 15.2 Å². The van der Waals surface area contributed by atoms with E-state index < -0.39 is 0 Å². The Labute approximate surface area is 110 Å². The third-order valence-corrected chi connectivity index (χ3v) is 3.15. The van der Waals surface area contributed by atoms with Crippen LogP contribution in [0.15, 0.2) is 30.6 Å². The van der Waals surface area contributed by atoms with E-state index in [1.807, 2.05) is 17.0 Å². The number of aromatic nitrogens is 3. The smallest absolute Gasteiger partial charge is 0.272 e. The molecule has 0 unspecified atom stereocenters. The van der Waals surface area contributed by atoms with Gasteiger partial charge in [-0.05, 0) is 24.5 Å². The monoisotopic (exact) mass is 257 g/mol. The minimum absolute atomic E-state index is 0.0597. The fourth-order valence-electron chi connectivity index (χ4n) is 2.04. The van der Waals surface area contributed by atoms with Crippen molar-refractivity contribution in [2.45, 2.75) is 25.4 Å². The number of H-pyrrole nitrogens is 1. The van der Waals surface area contributed by atoms with Gasteiger partial charge in [-0.1, -0.05) is 6.07 Å². The van der Waals surface area contributed by atoms with Gasteiger partial charge in [0.1, 0.15) is 11.5 Å². The lowest BCUT2D eigenvalue weighted by Crippen LogP contribution is -2.32. The Kier molecular flexibility index (Phi) is 2.91. The number of carbonyl (C=O) groups is 1. The summed E-state index contributed by atoms with van der Waals surface area (Å²) in [5.41, 5.74) is 7.00. The van der Waals surface area contributed by atoms with E-state index in [-0.39, 0.29) is 5.91 Å². The molecule has 1 saturated carbocycles. The molecule has 6 heteroatoms. The Morgan fingerprint density at radius 3 is 2.95 bits per heavy atom. The molecule has 19 heavy (non-hydrogen) atoms. The number of anilines is 1. The van der Waals surface area contributed by atoms with Crippen molar-refractivity contribution in [2.24, 2.45) is 0 Å². The number of carbonyl (C=O) groups excluding carboxylic acids is 1. The van der Waals surface area contributed by atoms with Gasteiger partial charge in [0.05, 0.1) is 0 Å². The van der Waals surface area contributed by atoms with E-state index in [0.29, 0.717) is 24.1 Å². The summed E-state index contributed by atoms with van der Waals surface area (Å²) < 4.78 is 0. The molecule has 1 aliphatic rings. The van der Waals surface area contributed by atoms with Crippen LogP contribution in [0.3, 0.4) is 0 Å². The number of nitrogen functional groups attached to an aromatic ring is 1. The summed E-state index contributed by atoms with van der Waals surface area (Å²) in [6.07, 6.45) is 5.61. The van der Waals surface area contributed by atoms with Gasteiger partial charge in [0.15, 0.2) is 0 Å². The molecule has 1 fully saturated rings. The quantitative estimate of drug-likeness (QED) is 0.861. The van der Waals surface area contributed by atoms with Crippen molar-refractivity contribution in [3.8, 4) is 0 Å². The third-order valence-electron chi connectivity index (χ3n) is 3.15. The fraction of sp³-hybridized carbons (Fsp3) is 0.308. The van der Waals surface area contributed by atoms with Gasteiger partial charge in [-0.25, -0.2) is 0 Å². The number of aromatic amines is 1. The highest BCUT2D eigenvalue weighted by atomic mass is 16.2. The van der Waals surface area contributed by atoms with Crippen molar-refractivity contribution >= 4 is 11.7 Å². The molecule has 0 spiro atoms. The first-order valence-corrected chi connectivity index (χ1v) is 6.25. The lowest BCUT2D eigenvalue weighted by molar-refractivity contribution is 0.0723. The van der Waals surface area contributed by atoms with Crippen LogP contribution in [0.25, 0.3) is 0 Å². The van der Waals surface area contributed by atoms with Crippen LogP contribution in [0.5, 0.6) is 0 Å². The first-order chi connectivity index (χ1) is 9.24. The Morgan fingerprint density at radius 1 is 1.53 bits per heavy atom. The van der Waals surface area contributed by atoms with Gasteiger partial charge >= 0.3 is 0 Å². The minimum atomic E-state index is -0.0597. The SMILES string of the molecule is Nc1cc(C(=O)N(Cc2cccnc2)C2CC2)[nH]n1. The van der Waals surface area contributed by atoms with E-state index in [1.54, 1.807) is 18.5 Å². The molecule has 1 amide bonds. The van der Waals surface area contributed by atoms with Gasteiger partial charge < -0.3 is 10.6 Å². The van der Waals surface area contributed by atoms with Crippen molar-refractivity contribution in [1.82, 2.24) is 20.1 Å². The molecule has 0 aromatic carbocycles. The zero-order valence-electron chi connectivity index (χ0n) is 10.4. The van der Waals surface area contributed by atoms with Gasteiger partial charge in [-0.2, -0.15) is 5.10 Å². The van der Waals surface area contributed by atoms with Crippen LogP contribution in [0, 0.1) is 0 Å². The summed E-state index contributed by atoms with van der Waals surface area (Å²) in [5.74, 6) is 0.274. The molecule has 3 rings (SSSR count). The molecule has 2 aromatic heterocycles. The molecule has 3 N–H and O–H groups in total. The van der Waals surface area contributed by atoms with Gasteiger partial charge in [-0.15, -0.1) is 0 Å². The van der Waals surface area contributed by atoms with Crippen LogP contribution >= 0.6 is 0 Å². The summed E-state index contributed by atoms with van der Waals surface area (Å²) in [6.45, 7) is 0.566. The number of nitrogens with zero attached hydrogens (tertiary/aromatic N) is 3. The predicted octanol–water partition coefficient (Wildman–Crippen LogP) is 1.19. The molecular weight excluding hydrogens is 242 g/mol. The molecule has 0 radical (unpaired) electrons. The number of amides is 1. The first kappa shape index (κ1) is 11.7. The third kappa shape index (κ3) is 2.57. The Morgan fingerprint density at radius 2 is 2.37 bits per heavy atom. The molecular formula is C13H15N5O. The number of hydrogen-bond donors (Lipinski definition) is 2. The Balaban J connectivity index is 1.79. The van der Waals surface area contributed by atoms with Crippen LogP contribution in [0.4, 0.5) is 5.82 Å². The number of rotatable bonds is 4. The zero-order valence-corrected chi connectivity index (χ0v) is 10.4. The number of nitrogens with two attached hydrogens (primary N) is 1. The van der Waals surface area contributed by atoms with E-state index in [4.69, 9.17) is 5.73 Å². The average molecular weight is 257 g/mol. The maximum atomic E-state index is 12.4. The highest BCUT2D eigenvalue weighted by Crippen LogP contribution is 2.29. The molecule has 98 valence electrons. The van der Waals surface area contributed by atoms with Gasteiger partial charge in [-0.3, -0.25) is 14.9 Å². The summed E-state index contributed by atoms with van der Waals surface area (Å²) in [7, 11) is 0. The van der Waals surface area contributed by atoms with E-state index in [0.717, 1.165) is 18.4 Å². The van der Waals surface area contributed by atoms with Gasteiger partial charge in [0.25, 0.3) is 5.91 Å². The van der Waals surface area contributed by atoms with Crippen LogP contribution < -0.4 is 5.73 Å². The van der Waals surface area contributed by atoms with Crippen molar-refractivity contribution < 1.29 is 4.79 Å². The Bertz CT molecular complexity index is 576. The second-order valence-corrected chi connectivity index (χ2v) is 4.73. The van der Waals surface area contributed by atoms with Crippen molar-refractivity contribution in [2.75, 3.05) is 5.73 Å². The summed E-state index contributed by atoms with van der Waals surface area (Å²) >= 11 is 0. The Hall–Kier alpha value is -2.37. The largest absolute Gasteiger partial charge is 0.382 e. The molecule has 2 heterocycles. The summed E-state index contributed by atoms with van der Waals surface area (Å²) in [5, 5.41) is 6.47. The zero-order chi connectivity index (χ0) is 13.2. The highest BCUT2D eigenvalue weighted by Gasteiger charge is 2.33. The van der Waals surface area contributed by atoms with Crippen LogP contribution in [0.2, 0.25) is 0 Å². The molecule has 6 nitrogen and oxygen atoms in total. The first-order valence-electron chi connectivity index (χ1n) is 6.25. The van der Waals surface area contributed by atoms with Crippen LogP contribution in [0.1, 0.15) is 28.9 Å². The second kappa shape index (κ2) is 4.72. The minimum Gasteiger partial charge on any atom is -0.382 e. The molecule has 0 atom stereocenters. The van der Waals surface area contributed by atoms with E-state index >= 15 is 0 Å². The van der Waals surface area contributed by atoms with Gasteiger partial charge in [0.2, 0.25) is 0 Å². The predicted molar refractivity (Wildman–Crippen MR) is 70.1 cm³/mol. The molecule has 0 aliphatic heterocycles. The molecule has 0 saturated heterocycles. The summed E-state index contributed by atoms with van der Waals surface area (Å²) in [4.78, 5) is 18.3. The van der Waals surface area contributed by atoms with Crippen LogP contribution in [-0.4, -0.2) is 32.0 Å². The van der Waals surface area contributed by atoms with Crippen molar-refractivity contribution in [1.29, 1.82) is 0 Å². The summed E-state index contributed by atoms with van der Waals surface area (Å²) in [6, 6.07) is 5.73. The number of nitrogens with one attached hydrogen (secondary N) is 1. The maximum absolute atomic E-state index is 12.4. The number of hydrogen-bond acceptors (Lipinski definition) is 4. The normalized spacial score (nSPS) is 14.3. The molecule has 0 bridgehead atoms. The van der Waals surface area contributed by atoms with E-state index in [1.165, 1.54) is 0 Å². The highest BCUT2D eigenvalue weighted by molar-refractivity contribution is 5.93. The fourth-order valence-corrected chi connectivity index (χ4v) is 2.04. The van der Waals surface area contributed by atoms with Gasteiger partial charge in [0, 0.05) is 31.0 Å². The van der Waals surface area contributed by atoms with Crippen molar-refractivity contribution in [3.63, 3.8) is 0 Å².